The average Bonchev–Trinajstić information content (AvgIpc) is 2.29. The predicted molar refractivity (Wildman–Crippen MR) is 46.8 cm³/mol. The maximum absolute atomic E-state index is 9.68. The fraction of sp³-hybridized carbons (Fsp3) is 0.500. The standard InChI is InChI=1S/C10H13NO/c12-9-6-2-1-4-8-5-3-7-11-10(8)9/h3,5,7,9,12H,1-2,4,6H2/t9-/m0/s1. The molecule has 1 aliphatic carbocycles. The Labute approximate surface area is 72.3 Å². The summed E-state index contributed by atoms with van der Waals surface area (Å²) in [6.07, 6.45) is 5.65. The van der Waals surface area contributed by atoms with Crippen molar-refractivity contribution in [2.24, 2.45) is 0 Å². The van der Waals surface area contributed by atoms with Crippen LogP contribution in [-0.4, -0.2) is 10.1 Å². The van der Waals surface area contributed by atoms with Crippen molar-refractivity contribution >= 4 is 0 Å². The van der Waals surface area contributed by atoms with Gasteiger partial charge in [-0.25, -0.2) is 0 Å². The first kappa shape index (κ1) is 7.74. The lowest BCUT2D eigenvalue weighted by Crippen LogP contribution is -2.01. The number of aromatic nitrogens is 1. The van der Waals surface area contributed by atoms with Crippen LogP contribution in [0, 0.1) is 0 Å². The predicted octanol–water partition coefficient (Wildman–Crippen LogP) is 1.84. The van der Waals surface area contributed by atoms with Crippen molar-refractivity contribution in [3.8, 4) is 0 Å². The van der Waals surface area contributed by atoms with Gasteiger partial charge in [0.1, 0.15) is 0 Å². The van der Waals surface area contributed by atoms with E-state index in [2.05, 4.69) is 11.1 Å². The highest BCUT2D eigenvalue weighted by Gasteiger charge is 2.16. The summed E-state index contributed by atoms with van der Waals surface area (Å²) in [6.45, 7) is 0. The van der Waals surface area contributed by atoms with E-state index in [0.29, 0.717) is 0 Å². The lowest BCUT2D eigenvalue weighted by molar-refractivity contribution is 0.162. The molecule has 1 atom stereocenters. The highest BCUT2D eigenvalue weighted by atomic mass is 16.3. The molecular weight excluding hydrogens is 150 g/mol. The van der Waals surface area contributed by atoms with Gasteiger partial charge in [0.2, 0.25) is 0 Å². The molecular formula is C10H13NO. The van der Waals surface area contributed by atoms with E-state index in [1.54, 1.807) is 6.20 Å². The second-order valence-electron chi connectivity index (χ2n) is 3.31. The Morgan fingerprint density at radius 3 is 3.25 bits per heavy atom. The molecule has 0 spiro atoms. The minimum atomic E-state index is -0.330. The number of nitrogens with zero attached hydrogens (tertiary/aromatic N) is 1. The first-order chi connectivity index (χ1) is 5.88. The molecule has 1 aliphatic rings. The Balaban J connectivity index is 2.39. The Bertz CT molecular complexity index is 272. The van der Waals surface area contributed by atoms with Crippen molar-refractivity contribution in [1.82, 2.24) is 4.98 Å². The van der Waals surface area contributed by atoms with Gasteiger partial charge < -0.3 is 5.11 Å². The van der Waals surface area contributed by atoms with Gasteiger partial charge in [0.05, 0.1) is 11.8 Å². The molecule has 0 saturated carbocycles. The van der Waals surface area contributed by atoms with E-state index < -0.39 is 0 Å². The Kier molecular flexibility index (Phi) is 2.09. The van der Waals surface area contributed by atoms with Gasteiger partial charge in [0.15, 0.2) is 0 Å². The molecule has 0 radical (unpaired) electrons. The van der Waals surface area contributed by atoms with E-state index in [0.717, 1.165) is 25.0 Å². The van der Waals surface area contributed by atoms with Crippen molar-refractivity contribution in [3.63, 3.8) is 0 Å². The fourth-order valence-corrected chi connectivity index (χ4v) is 1.75. The molecule has 2 rings (SSSR count). The van der Waals surface area contributed by atoms with Crippen molar-refractivity contribution in [3.05, 3.63) is 29.6 Å². The van der Waals surface area contributed by atoms with Gasteiger partial charge in [0.25, 0.3) is 0 Å². The van der Waals surface area contributed by atoms with Crippen LogP contribution < -0.4 is 0 Å². The molecule has 0 aliphatic heterocycles. The zero-order valence-electron chi connectivity index (χ0n) is 7.03. The number of aliphatic hydroxyl groups excluding tert-OH is 1. The van der Waals surface area contributed by atoms with E-state index in [-0.39, 0.29) is 6.10 Å². The number of hydrogen-bond donors (Lipinski definition) is 1. The molecule has 0 fully saturated rings. The molecule has 64 valence electrons. The summed E-state index contributed by atoms with van der Waals surface area (Å²) in [5.74, 6) is 0. The largest absolute Gasteiger partial charge is 0.387 e. The fourth-order valence-electron chi connectivity index (χ4n) is 1.75. The third kappa shape index (κ3) is 1.34. The van der Waals surface area contributed by atoms with E-state index >= 15 is 0 Å². The maximum atomic E-state index is 9.68. The van der Waals surface area contributed by atoms with Crippen LogP contribution in [0.4, 0.5) is 0 Å². The molecule has 1 aromatic rings. The van der Waals surface area contributed by atoms with Crippen molar-refractivity contribution < 1.29 is 5.11 Å². The van der Waals surface area contributed by atoms with Crippen LogP contribution in [0.2, 0.25) is 0 Å². The lowest BCUT2D eigenvalue weighted by atomic mass is 10.1. The number of aryl methyl sites for hydroxylation is 1. The van der Waals surface area contributed by atoms with Gasteiger partial charge in [-0.1, -0.05) is 12.5 Å². The summed E-state index contributed by atoms with van der Waals surface area (Å²) < 4.78 is 0. The smallest absolute Gasteiger partial charge is 0.0962 e. The number of pyridine rings is 1. The van der Waals surface area contributed by atoms with Crippen LogP contribution in [0.1, 0.15) is 36.6 Å². The van der Waals surface area contributed by atoms with Gasteiger partial charge >= 0.3 is 0 Å². The van der Waals surface area contributed by atoms with Crippen molar-refractivity contribution in [1.29, 1.82) is 0 Å². The summed E-state index contributed by atoms with van der Waals surface area (Å²) in [5, 5.41) is 9.68. The SMILES string of the molecule is O[C@H]1CCCCc2cccnc21. The topological polar surface area (TPSA) is 33.1 Å². The van der Waals surface area contributed by atoms with Gasteiger partial charge in [0, 0.05) is 6.20 Å². The zero-order valence-corrected chi connectivity index (χ0v) is 7.03. The van der Waals surface area contributed by atoms with E-state index in [4.69, 9.17) is 0 Å². The number of aliphatic hydroxyl groups is 1. The van der Waals surface area contributed by atoms with Crippen molar-refractivity contribution in [2.75, 3.05) is 0 Å². The van der Waals surface area contributed by atoms with E-state index in [1.165, 1.54) is 12.0 Å². The van der Waals surface area contributed by atoms with Crippen LogP contribution in [0.5, 0.6) is 0 Å². The average molecular weight is 163 g/mol. The summed E-state index contributed by atoms with van der Waals surface area (Å²) in [5.41, 5.74) is 2.12. The number of hydrogen-bond acceptors (Lipinski definition) is 2. The molecule has 1 aromatic heterocycles. The normalized spacial score (nSPS) is 22.9. The Morgan fingerprint density at radius 1 is 1.42 bits per heavy atom. The van der Waals surface area contributed by atoms with Crippen LogP contribution in [0.25, 0.3) is 0 Å². The Morgan fingerprint density at radius 2 is 2.33 bits per heavy atom. The second kappa shape index (κ2) is 3.23. The van der Waals surface area contributed by atoms with E-state index in [9.17, 15) is 5.11 Å². The first-order valence-corrected chi connectivity index (χ1v) is 4.50. The quantitative estimate of drug-likeness (QED) is 0.592. The molecule has 1 heterocycles. The van der Waals surface area contributed by atoms with Crippen molar-refractivity contribution in [2.45, 2.75) is 31.8 Å². The monoisotopic (exact) mass is 163 g/mol. The first-order valence-electron chi connectivity index (χ1n) is 4.50. The number of rotatable bonds is 0. The minimum absolute atomic E-state index is 0.330. The van der Waals surface area contributed by atoms with Gasteiger partial charge in [-0.2, -0.15) is 0 Å². The summed E-state index contributed by atoms with van der Waals surface area (Å²) >= 11 is 0. The van der Waals surface area contributed by atoms with Crippen LogP contribution in [-0.2, 0) is 6.42 Å². The molecule has 0 unspecified atom stereocenters. The van der Waals surface area contributed by atoms with Crippen LogP contribution in [0.3, 0.4) is 0 Å². The molecule has 1 N–H and O–H groups in total. The highest BCUT2D eigenvalue weighted by molar-refractivity contribution is 5.22. The van der Waals surface area contributed by atoms with Crippen LogP contribution >= 0.6 is 0 Å². The minimum Gasteiger partial charge on any atom is -0.387 e. The van der Waals surface area contributed by atoms with Gasteiger partial charge in [-0.05, 0) is 30.9 Å². The van der Waals surface area contributed by atoms with E-state index in [1.807, 2.05) is 6.07 Å². The third-order valence-corrected chi connectivity index (χ3v) is 2.42. The highest BCUT2D eigenvalue weighted by Crippen LogP contribution is 2.25. The van der Waals surface area contributed by atoms with Gasteiger partial charge in [-0.15, -0.1) is 0 Å². The molecule has 0 aromatic carbocycles. The lowest BCUT2D eigenvalue weighted by Gasteiger charge is -2.08. The molecule has 0 saturated heterocycles. The zero-order chi connectivity index (χ0) is 8.39. The number of fused-ring (bicyclic) bond motifs is 1. The second-order valence-corrected chi connectivity index (χ2v) is 3.31. The molecule has 12 heavy (non-hydrogen) atoms. The summed E-state index contributed by atoms with van der Waals surface area (Å²) in [7, 11) is 0. The summed E-state index contributed by atoms with van der Waals surface area (Å²) in [6, 6.07) is 4.01. The maximum Gasteiger partial charge on any atom is 0.0962 e. The third-order valence-electron chi connectivity index (χ3n) is 2.42. The van der Waals surface area contributed by atoms with Gasteiger partial charge in [-0.3, -0.25) is 4.98 Å². The molecule has 0 bridgehead atoms. The van der Waals surface area contributed by atoms with Crippen LogP contribution in [0.15, 0.2) is 18.3 Å². The molecule has 2 nitrogen and oxygen atoms in total. The molecule has 0 amide bonds. The Hall–Kier alpha value is -0.890. The molecule has 2 heteroatoms. The summed E-state index contributed by atoms with van der Waals surface area (Å²) in [4.78, 5) is 4.21.